The van der Waals surface area contributed by atoms with E-state index >= 15 is 0 Å². The van der Waals surface area contributed by atoms with Crippen molar-refractivity contribution in [2.45, 2.75) is 0 Å². The van der Waals surface area contributed by atoms with Crippen LogP contribution in [-0.4, -0.2) is 30.1 Å². The van der Waals surface area contributed by atoms with E-state index in [1.165, 1.54) is 29.2 Å². The molecule has 2 aromatic rings. The van der Waals surface area contributed by atoms with E-state index < -0.39 is 18.5 Å². The molecule has 0 spiro atoms. The minimum atomic E-state index is -0.677. The van der Waals surface area contributed by atoms with E-state index in [-0.39, 0.29) is 17.9 Å². The Labute approximate surface area is 133 Å². The second-order valence-electron chi connectivity index (χ2n) is 4.60. The number of para-hydroxylation sites is 1. The number of benzene rings is 2. The number of phenolic OH excluding ortho intramolecular Hbond substituents is 1. The number of nitrogens with zero attached hydrogens (tertiary/aromatic N) is 2. The topological polar surface area (TPSA) is 90.6 Å². The molecule has 0 unspecified atom stereocenters. The summed E-state index contributed by atoms with van der Waals surface area (Å²) in [5.41, 5.74) is 0.780. The Morgan fingerprint density at radius 3 is 2.35 bits per heavy atom. The first-order valence-electron chi connectivity index (χ1n) is 6.80. The molecule has 0 saturated heterocycles. The predicted molar refractivity (Wildman–Crippen MR) is 82.8 cm³/mol. The van der Waals surface area contributed by atoms with Crippen molar-refractivity contribution >= 4 is 17.6 Å². The molecule has 0 radical (unpaired) electrons. The Morgan fingerprint density at radius 1 is 1.09 bits per heavy atom. The zero-order valence-electron chi connectivity index (χ0n) is 12.2. The van der Waals surface area contributed by atoms with E-state index in [9.17, 15) is 14.7 Å². The standard InChI is InChI=1S/C17H14N2O4/c18-10-11-19(14-4-2-1-3-5-14)16(21)12-23-17(22)13-6-8-15(20)9-7-13/h1-9,20H,11-12H2. The third-order valence-corrected chi connectivity index (χ3v) is 3.03. The average molecular weight is 310 g/mol. The van der Waals surface area contributed by atoms with Crippen LogP contribution in [0.15, 0.2) is 54.6 Å². The van der Waals surface area contributed by atoms with Crippen LogP contribution in [0, 0.1) is 11.3 Å². The number of rotatable bonds is 5. The average Bonchev–Trinajstić information content (AvgIpc) is 2.58. The van der Waals surface area contributed by atoms with Gasteiger partial charge in [0.05, 0.1) is 11.6 Å². The number of hydrogen-bond acceptors (Lipinski definition) is 5. The maximum atomic E-state index is 12.2. The van der Waals surface area contributed by atoms with E-state index in [0.717, 1.165) is 0 Å². The first kappa shape index (κ1) is 16.0. The highest BCUT2D eigenvalue weighted by Crippen LogP contribution is 2.14. The molecule has 2 aromatic carbocycles. The largest absolute Gasteiger partial charge is 0.508 e. The summed E-state index contributed by atoms with van der Waals surface area (Å²) in [6, 6.07) is 16.1. The van der Waals surface area contributed by atoms with Crippen molar-refractivity contribution in [2.75, 3.05) is 18.1 Å². The van der Waals surface area contributed by atoms with Gasteiger partial charge in [-0.25, -0.2) is 4.79 Å². The van der Waals surface area contributed by atoms with Crippen LogP contribution in [0.1, 0.15) is 10.4 Å². The summed E-state index contributed by atoms with van der Waals surface area (Å²) in [4.78, 5) is 25.3. The fraction of sp³-hybridized carbons (Fsp3) is 0.118. The molecule has 0 heterocycles. The lowest BCUT2D eigenvalue weighted by molar-refractivity contribution is -0.121. The molecule has 0 saturated carbocycles. The number of phenols is 1. The van der Waals surface area contributed by atoms with Crippen molar-refractivity contribution in [3.63, 3.8) is 0 Å². The molecular formula is C17H14N2O4. The van der Waals surface area contributed by atoms with Crippen molar-refractivity contribution in [3.8, 4) is 11.8 Å². The molecule has 0 aliphatic carbocycles. The summed E-state index contributed by atoms with van der Waals surface area (Å²) in [6.45, 7) is -0.615. The van der Waals surface area contributed by atoms with Crippen LogP contribution >= 0.6 is 0 Å². The summed E-state index contributed by atoms with van der Waals surface area (Å²) in [7, 11) is 0. The number of ether oxygens (including phenoxy) is 1. The van der Waals surface area contributed by atoms with Gasteiger partial charge >= 0.3 is 5.97 Å². The molecule has 0 bridgehead atoms. The number of carbonyl (C=O) groups is 2. The van der Waals surface area contributed by atoms with Crippen LogP contribution in [-0.2, 0) is 9.53 Å². The SMILES string of the molecule is N#CCN(C(=O)COC(=O)c1ccc(O)cc1)c1ccccc1. The van der Waals surface area contributed by atoms with Crippen molar-refractivity contribution in [1.82, 2.24) is 0 Å². The first-order chi connectivity index (χ1) is 11.1. The summed E-state index contributed by atoms with van der Waals surface area (Å²) in [6.07, 6.45) is 0. The third kappa shape index (κ3) is 4.32. The highest BCUT2D eigenvalue weighted by Gasteiger charge is 2.17. The van der Waals surface area contributed by atoms with E-state index in [0.29, 0.717) is 5.69 Å². The Balaban J connectivity index is 2.01. The number of aromatic hydroxyl groups is 1. The van der Waals surface area contributed by atoms with Crippen molar-refractivity contribution < 1.29 is 19.4 Å². The van der Waals surface area contributed by atoms with Gasteiger partial charge in [0, 0.05) is 5.69 Å². The van der Waals surface area contributed by atoms with E-state index in [4.69, 9.17) is 10.00 Å². The molecule has 6 heteroatoms. The number of nitriles is 1. The van der Waals surface area contributed by atoms with Gasteiger partial charge in [0.1, 0.15) is 12.3 Å². The highest BCUT2D eigenvalue weighted by molar-refractivity contribution is 5.97. The number of carbonyl (C=O) groups excluding carboxylic acids is 2. The second-order valence-corrected chi connectivity index (χ2v) is 4.60. The number of esters is 1. The monoisotopic (exact) mass is 310 g/mol. The van der Waals surface area contributed by atoms with E-state index in [2.05, 4.69) is 0 Å². The van der Waals surface area contributed by atoms with Crippen LogP contribution in [0.3, 0.4) is 0 Å². The summed E-state index contributed by atoms with van der Waals surface area (Å²) >= 11 is 0. The van der Waals surface area contributed by atoms with Gasteiger partial charge in [-0.15, -0.1) is 0 Å². The summed E-state index contributed by atoms with van der Waals surface area (Å²) < 4.78 is 4.96. The van der Waals surface area contributed by atoms with Gasteiger partial charge in [-0.05, 0) is 36.4 Å². The maximum Gasteiger partial charge on any atom is 0.338 e. The quantitative estimate of drug-likeness (QED) is 0.674. The summed E-state index contributed by atoms with van der Waals surface area (Å²) in [5, 5.41) is 18.0. The molecular weight excluding hydrogens is 296 g/mol. The lowest BCUT2D eigenvalue weighted by Crippen LogP contribution is -2.35. The lowest BCUT2D eigenvalue weighted by Gasteiger charge is -2.19. The predicted octanol–water partition coefficient (Wildman–Crippen LogP) is 2.11. The Hall–Kier alpha value is -3.33. The molecule has 1 amide bonds. The Bertz CT molecular complexity index is 721. The second kappa shape index (κ2) is 7.61. The fourth-order valence-corrected chi connectivity index (χ4v) is 1.89. The van der Waals surface area contributed by atoms with Crippen LogP contribution in [0.25, 0.3) is 0 Å². The summed E-state index contributed by atoms with van der Waals surface area (Å²) in [5.74, 6) is -1.14. The maximum absolute atomic E-state index is 12.2. The molecule has 116 valence electrons. The van der Waals surface area contributed by atoms with Crippen LogP contribution in [0.2, 0.25) is 0 Å². The zero-order chi connectivity index (χ0) is 16.7. The first-order valence-corrected chi connectivity index (χ1v) is 6.80. The molecule has 0 fully saturated rings. The molecule has 6 nitrogen and oxygen atoms in total. The molecule has 0 atom stereocenters. The Morgan fingerprint density at radius 2 is 1.74 bits per heavy atom. The molecule has 0 aromatic heterocycles. The molecule has 0 aliphatic heterocycles. The number of anilines is 1. The van der Waals surface area contributed by atoms with Gasteiger partial charge < -0.3 is 9.84 Å². The normalized spacial score (nSPS) is 9.70. The van der Waals surface area contributed by atoms with Gasteiger partial charge in [-0.1, -0.05) is 18.2 Å². The van der Waals surface area contributed by atoms with Gasteiger partial charge in [0.2, 0.25) is 0 Å². The van der Waals surface area contributed by atoms with Gasteiger partial charge in [-0.3, -0.25) is 9.69 Å². The van der Waals surface area contributed by atoms with Gasteiger partial charge in [0.15, 0.2) is 6.61 Å². The van der Waals surface area contributed by atoms with Crippen LogP contribution in [0.4, 0.5) is 5.69 Å². The fourth-order valence-electron chi connectivity index (χ4n) is 1.89. The minimum Gasteiger partial charge on any atom is -0.508 e. The van der Waals surface area contributed by atoms with Crippen LogP contribution < -0.4 is 4.90 Å². The number of amides is 1. The number of hydrogen-bond donors (Lipinski definition) is 1. The third-order valence-electron chi connectivity index (χ3n) is 3.03. The van der Waals surface area contributed by atoms with E-state index in [1.54, 1.807) is 30.3 Å². The van der Waals surface area contributed by atoms with Crippen LogP contribution in [0.5, 0.6) is 5.75 Å². The van der Waals surface area contributed by atoms with E-state index in [1.807, 2.05) is 6.07 Å². The van der Waals surface area contributed by atoms with Crippen molar-refractivity contribution in [2.24, 2.45) is 0 Å². The minimum absolute atomic E-state index is 0.0295. The zero-order valence-corrected chi connectivity index (χ0v) is 12.2. The molecule has 23 heavy (non-hydrogen) atoms. The van der Waals surface area contributed by atoms with Gasteiger partial charge in [0.25, 0.3) is 5.91 Å². The lowest BCUT2D eigenvalue weighted by atomic mass is 10.2. The molecule has 1 N–H and O–H groups in total. The molecule has 0 aliphatic rings. The smallest absolute Gasteiger partial charge is 0.338 e. The highest BCUT2D eigenvalue weighted by atomic mass is 16.5. The van der Waals surface area contributed by atoms with Crippen molar-refractivity contribution in [3.05, 3.63) is 60.2 Å². The molecule has 2 rings (SSSR count). The Kier molecular flexibility index (Phi) is 5.31. The van der Waals surface area contributed by atoms with Gasteiger partial charge in [-0.2, -0.15) is 5.26 Å². The van der Waals surface area contributed by atoms with Crippen molar-refractivity contribution in [1.29, 1.82) is 5.26 Å².